The molecule has 0 aromatic heterocycles. The van der Waals surface area contributed by atoms with Crippen molar-refractivity contribution in [3.63, 3.8) is 0 Å². The molecule has 3 heterocycles. The molecule has 0 spiro atoms. The Hall–Kier alpha value is -2.48. The Morgan fingerprint density at radius 3 is 2.29 bits per heavy atom. The van der Waals surface area contributed by atoms with Crippen LogP contribution in [0.3, 0.4) is 0 Å². The van der Waals surface area contributed by atoms with Crippen molar-refractivity contribution in [3.05, 3.63) is 23.3 Å². The van der Waals surface area contributed by atoms with Crippen molar-refractivity contribution in [2.75, 3.05) is 20.8 Å². The van der Waals surface area contributed by atoms with Crippen LogP contribution in [0.5, 0.6) is 0 Å². The van der Waals surface area contributed by atoms with Crippen molar-refractivity contribution in [1.29, 1.82) is 0 Å². The highest BCUT2D eigenvalue weighted by Crippen LogP contribution is 2.47. The Morgan fingerprint density at radius 1 is 0.929 bits per heavy atom. The molecule has 2 saturated heterocycles. The molecule has 2 aliphatic carbocycles. The van der Waals surface area contributed by atoms with Crippen LogP contribution in [0.15, 0.2) is 23.3 Å². The van der Waals surface area contributed by atoms with Crippen molar-refractivity contribution in [2.24, 2.45) is 41.4 Å². The summed E-state index contributed by atoms with van der Waals surface area (Å²) >= 11 is 0. The van der Waals surface area contributed by atoms with E-state index in [0.717, 1.165) is 36.8 Å². The number of ether oxygens (including phenoxy) is 4. The second-order valence-corrected chi connectivity index (χ2v) is 18.0. The van der Waals surface area contributed by atoms with Crippen molar-refractivity contribution in [2.45, 2.75) is 167 Å². The second kappa shape index (κ2) is 19.1. The number of aliphatic hydroxyl groups is 3. The number of nitrogens with zero attached hydrogens (tertiary/aromatic N) is 1. The highest BCUT2D eigenvalue weighted by atomic mass is 16.7. The smallest absolute Gasteiger partial charge is 0.329 e. The molecule has 56 heavy (non-hydrogen) atoms. The average Bonchev–Trinajstić information content (AvgIpc) is 3.51. The van der Waals surface area contributed by atoms with Gasteiger partial charge in [0.25, 0.3) is 11.7 Å². The van der Waals surface area contributed by atoms with Crippen LogP contribution in [0, 0.1) is 41.4 Å². The lowest BCUT2D eigenvalue weighted by Crippen LogP contribution is -2.64. The first kappa shape index (κ1) is 44.6. The molecule has 12 nitrogen and oxygen atoms in total. The van der Waals surface area contributed by atoms with Gasteiger partial charge in [-0.25, -0.2) is 4.79 Å². The lowest BCUT2D eigenvalue weighted by molar-refractivity contribution is -0.302. The number of fused-ring (bicyclic) bond motifs is 5. The van der Waals surface area contributed by atoms with Gasteiger partial charge in [0.05, 0.1) is 24.4 Å². The number of carbonyl (C=O) groups is 4. The van der Waals surface area contributed by atoms with E-state index in [4.69, 9.17) is 18.9 Å². The molecule has 2 saturated carbocycles. The molecule has 12 heteroatoms. The number of esters is 1. The standard InChI is InChI=1S/C44H69NO11/c1-9-29-17-24(2)16-25(3)18-37(53-7)40-38(54-8)20-27(5)44(52,56-40)41(49)42(50)45-15-11-10-12-33(45)43(51)55-39(28(6)35(47)23-36(29)48)26(4)19-31-22-32-21-30(31)13-14-34(32)46/h17,19,25,27-35,37-40,46-47,52H,9-16,18,20-23H2,1-8H3/b24-17+,26-19+/t25-,27+,28+,29+,30?,31?,32?,33-,34?,35-,37-,38-,39+,40+,44+/m0/s1. The first-order valence-electron chi connectivity index (χ1n) is 21.3. The fourth-order valence-corrected chi connectivity index (χ4v) is 10.5. The van der Waals surface area contributed by atoms with Gasteiger partial charge in [-0.1, -0.05) is 45.4 Å². The minimum atomic E-state index is -2.49. The highest BCUT2D eigenvalue weighted by Gasteiger charge is 2.56. The Balaban J connectivity index is 1.53. The van der Waals surface area contributed by atoms with Gasteiger partial charge in [-0.05, 0) is 114 Å². The maximum atomic E-state index is 14.3. The minimum Gasteiger partial charge on any atom is -0.456 e. The Labute approximate surface area is 333 Å². The Kier molecular flexibility index (Phi) is 15.2. The molecule has 4 fully saturated rings. The van der Waals surface area contributed by atoms with Gasteiger partial charge >= 0.3 is 5.97 Å². The number of carbonyl (C=O) groups excluding carboxylic acids is 4. The first-order chi connectivity index (χ1) is 26.5. The van der Waals surface area contributed by atoms with Crippen molar-refractivity contribution >= 4 is 23.4 Å². The molecule has 0 radical (unpaired) electrons. The number of Topliss-reactive ketones (excluding diaryl/α,β-unsaturated/α-hetero) is 2. The van der Waals surface area contributed by atoms with Gasteiger partial charge in [-0.3, -0.25) is 14.4 Å². The average molecular weight is 788 g/mol. The Morgan fingerprint density at radius 2 is 1.62 bits per heavy atom. The molecule has 5 rings (SSSR count). The van der Waals surface area contributed by atoms with E-state index in [-0.39, 0.29) is 55.4 Å². The van der Waals surface area contributed by atoms with E-state index < -0.39 is 77.8 Å². The van der Waals surface area contributed by atoms with E-state index in [1.54, 1.807) is 13.8 Å². The summed E-state index contributed by atoms with van der Waals surface area (Å²) in [6, 6.07) is -1.11. The fourth-order valence-electron chi connectivity index (χ4n) is 10.5. The zero-order chi connectivity index (χ0) is 41.1. The van der Waals surface area contributed by atoms with Gasteiger partial charge in [-0.2, -0.15) is 0 Å². The highest BCUT2D eigenvalue weighted by molar-refractivity contribution is 6.39. The zero-order valence-corrected chi connectivity index (χ0v) is 35.0. The maximum Gasteiger partial charge on any atom is 0.329 e. The number of methoxy groups -OCH3 is 2. The molecule has 3 aliphatic heterocycles. The summed E-state index contributed by atoms with van der Waals surface area (Å²) in [4.78, 5) is 57.8. The Bertz CT molecular complexity index is 1480. The molecular formula is C44H69NO11. The monoisotopic (exact) mass is 787 g/mol. The van der Waals surface area contributed by atoms with E-state index in [9.17, 15) is 34.5 Å². The van der Waals surface area contributed by atoms with Crippen LogP contribution in [-0.2, 0) is 38.1 Å². The number of hydrogen-bond donors (Lipinski definition) is 3. The quantitative estimate of drug-likeness (QED) is 0.193. The van der Waals surface area contributed by atoms with E-state index in [0.29, 0.717) is 38.0 Å². The zero-order valence-electron chi connectivity index (χ0n) is 35.0. The lowest BCUT2D eigenvalue weighted by atomic mass is 9.82. The van der Waals surface area contributed by atoms with Crippen LogP contribution in [0.4, 0.5) is 0 Å². The number of allylic oxidation sites excluding steroid dienone is 3. The first-order valence-corrected chi connectivity index (χ1v) is 21.3. The summed E-state index contributed by atoms with van der Waals surface area (Å²) < 4.78 is 24.3. The van der Waals surface area contributed by atoms with Gasteiger partial charge in [0, 0.05) is 44.9 Å². The third-order valence-electron chi connectivity index (χ3n) is 13.9. The van der Waals surface area contributed by atoms with Gasteiger partial charge in [0.2, 0.25) is 5.79 Å². The number of amides is 1. The van der Waals surface area contributed by atoms with Gasteiger partial charge in [-0.15, -0.1) is 0 Å². The second-order valence-electron chi connectivity index (χ2n) is 18.0. The number of hydrogen-bond acceptors (Lipinski definition) is 11. The van der Waals surface area contributed by atoms with E-state index in [1.807, 2.05) is 26.8 Å². The lowest BCUT2D eigenvalue weighted by Gasteiger charge is -2.47. The summed E-state index contributed by atoms with van der Waals surface area (Å²) in [6.45, 7) is 11.4. The maximum absolute atomic E-state index is 14.3. The SMILES string of the molecule is CC[C@@H]1/C=C(\C)C[C@H](C)C[C@H](OC)[C@H]2O[C@@](O)(C(=O)C(=O)N3CCCC[C@H]3C(=O)O[C@H](/C(C)=C/C3CC4CC3CCC4O)[C@H](C)[C@@H](O)CC1=O)[C@H](C)C[C@@H]2OC. The van der Waals surface area contributed by atoms with Crippen LogP contribution < -0.4 is 0 Å². The predicted octanol–water partition coefficient (Wildman–Crippen LogP) is 5.09. The summed E-state index contributed by atoms with van der Waals surface area (Å²) in [7, 11) is 3.08. The molecule has 1 amide bonds. The molecule has 0 aromatic rings. The predicted molar refractivity (Wildman–Crippen MR) is 209 cm³/mol. The van der Waals surface area contributed by atoms with Crippen molar-refractivity contribution in [3.8, 4) is 0 Å². The van der Waals surface area contributed by atoms with E-state index in [2.05, 4.69) is 13.0 Å². The largest absolute Gasteiger partial charge is 0.456 e. The minimum absolute atomic E-state index is 0.0462. The van der Waals surface area contributed by atoms with Crippen LogP contribution in [0.2, 0.25) is 0 Å². The molecule has 4 unspecified atom stereocenters. The van der Waals surface area contributed by atoms with Crippen molar-refractivity contribution in [1.82, 2.24) is 4.90 Å². The molecule has 5 aliphatic rings. The normalized spacial score (nSPS) is 43.7. The summed E-state index contributed by atoms with van der Waals surface area (Å²) in [5, 5.41) is 34.3. The number of aliphatic hydroxyl groups excluding tert-OH is 2. The summed E-state index contributed by atoms with van der Waals surface area (Å²) in [5.74, 6) is -6.51. The van der Waals surface area contributed by atoms with Crippen molar-refractivity contribution < 1.29 is 53.4 Å². The molecule has 3 N–H and O–H groups in total. The van der Waals surface area contributed by atoms with E-state index in [1.165, 1.54) is 19.1 Å². The fraction of sp³-hybridized carbons (Fsp3) is 0.818. The third kappa shape index (κ3) is 9.69. The summed E-state index contributed by atoms with van der Waals surface area (Å²) in [6.07, 6.45) is 6.40. The van der Waals surface area contributed by atoms with Gasteiger partial charge in [0.15, 0.2) is 0 Å². The molecular weight excluding hydrogens is 718 g/mol. The number of piperidine rings is 1. The number of ketones is 2. The third-order valence-corrected chi connectivity index (χ3v) is 13.9. The van der Waals surface area contributed by atoms with Crippen LogP contribution in [0.1, 0.15) is 119 Å². The molecule has 15 atom stereocenters. The topological polar surface area (TPSA) is 169 Å². The van der Waals surface area contributed by atoms with Gasteiger partial charge in [0.1, 0.15) is 24.0 Å². The van der Waals surface area contributed by atoms with Crippen LogP contribution in [0.25, 0.3) is 0 Å². The van der Waals surface area contributed by atoms with Gasteiger partial charge < -0.3 is 39.2 Å². The number of cyclic esters (lactones) is 1. The number of rotatable bonds is 5. The summed E-state index contributed by atoms with van der Waals surface area (Å²) in [5.41, 5.74) is 1.75. The van der Waals surface area contributed by atoms with Crippen LogP contribution in [-0.4, -0.2) is 113 Å². The molecule has 0 aromatic carbocycles. The van der Waals surface area contributed by atoms with Crippen LogP contribution >= 0.6 is 0 Å². The van der Waals surface area contributed by atoms with E-state index >= 15 is 0 Å². The molecule has 4 bridgehead atoms. The molecule has 316 valence electrons.